The molecule has 5 heteroatoms. The number of aromatic nitrogens is 2. The summed E-state index contributed by atoms with van der Waals surface area (Å²) in [7, 11) is 1.48. The number of ether oxygens (including phenoxy) is 1. The molecule has 0 amide bonds. The van der Waals surface area contributed by atoms with Crippen LogP contribution in [0.3, 0.4) is 0 Å². The van der Waals surface area contributed by atoms with E-state index in [1.54, 1.807) is 0 Å². The maximum absolute atomic E-state index is 12.1. The quantitative estimate of drug-likeness (QED) is 0.723. The van der Waals surface area contributed by atoms with Gasteiger partial charge in [-0.25, -0.2) is 9.97 Å². The Morgan fingerprint density at radius 2 is 2.20 bits per heavy atom. The van der Waals surface area contributed by atoms with Crippen LogP contribution in [0.2, 0.25) is 0 Å². The molecular formula is C10H13N3O2. The Morgan fingerprint density at radius 3 is 2.73 bits per heavy atom. The van der Waals surface area contributed by atoms with E-state index in [1.165, 1.54) is 19.5 Å². The molecule has 1 fully saturated rings. The lowest BCUT2D eigenvalue weighted by atomic mass is 9.99. The van der Waals surface area contributed by atoms with Crippen LogP contribution in [-0.4, -0.2) is 29.4 Å². The van der Waals surface area contributed by atoms with E-state index in [0.29, 0.717) is 12.2 Å². The van der Waals surface area contributed by atoms with Crippen LogP contribution in [-0.2, 0) is 0 Å². The minimum atomic E-state index is -0.399. The van der Waals surface area contributed by atoms with Crippen molar-refractivity contribution in [3.8, 4) is 5.88 Å². The molecule has 0 atom stereocenters. The second kappa shape index (κ2) is 3.58. The number of rotatable bonds is 4. The number of nitrogens with zero attached hydrogens (tertiary/aromatic N) is 2. The Kier molecular flexibility index (Phi) is 2.40. The van der Waals surface area contributed by atoms with Gasteiger partial charge in [-0.3, -0.25) is 4.79 Å². The highest BCUT2D eigenvalue weighted by Crippen LogP contribution is 2.47. The van der Waals surface area contributed by atoms with Crippen molar-refractivity contribution < 1.29 is 9.53 Å². The summed E-state index contributed by atoms with van der Waals surface area (Å²) in [6.07, 6.45) is 4.66. The first kappa shape index (κ1) is 10.0. The van der Waals surface area contributed by atoms with Gasteiger partial charge in [0.25, 0.3) is 0 Å². The fraction of sp³-hybridized carbons (Fsp3) is 0.500. The summed E-state index contributed by atoms with van der Waals surface area (Å²) < 4.78 is 5.00. The van der Waals surface area contributed by atoms with Crippen molar-refractivity contribution in [2.75, 3.05) is 13.7 Å². The molecule has 15 heavy (non-hydrogen) atoms. The highest BCUT2D eigenvalue weighted by atomic mass is 16.5. The third-order valence-corrected chi connectivity index (χ3v) is 2.80. The van der Waals surface area contributed by atoms with Gasteiger partial charge in [-0.15, -0.1) is 0 Å². The van der Waals surface area contributed by atoms with Gasteiger partial charge in [0, 0.05) is 24.4 Å². The van der Waals surface area contributed by atoms with Gasteiger partial charge in [-0.2, -0.15) is 0 Å². The molecule has 1 aliphatic carbocycles. The van der Waals surface area contributed by atoms with E-state index in [0.717, 1.165) is 12.8 Å². The van der Waals surface area contributed by atoms with Crippen molar-refractivity contribution in [2.24, 2.45) is 11.1 Å². The fourth-order valence-corrected chi connectivity index (χ4v) is 1.56. The van der Waals surface area contributed by atoms with Gasteiger partial charge < -0.3 is 10.5 Å². The molecule has 1 aliphatic rings. The molecule has 2 rings (SSSR count). The van der Waals surface area contributed by atoms with Crippen LogP contribution < -0.4 is 10.5 Å². The van der Waals surface area contributed by atoms with Gasteiger partial charge in [0.15, 0.2) is 11.5 Å². The monoisotopic (exact) mass is 207 g/mol. The molecular weight excluding hydrogens is 194 g/mol. The first-order valence-corrected chi connectivity index (χ1v) is 4.83. The Bertz CT molecular complexity index is 388. The second-order valence-electron chi connectivity index (χ2n) is 3.73. The second-order valence-corrected chi connectivity index (χ2v) is 3.73. The minimum Gasteiger partial charge on any atom is -0.479 e. The summed E-state index contributed by atoms with van der Waals surface area (Å²) in [6, 6.07) is 0. The lowest BCUT2D eigenvalue weighted by molar-refractivity contribution is 0.0896. The smallest absolute Gasteiger partial charge is 0.243 e. The number of methoxy groups -OCH3 is 1. The normalized spacial score (nSPS) is 17.2. The molecule has 1 heterocycles. The standard InChI is InChI=1S/C10H13N3O2/c1-15-9-7(12-4-5-13-9)8(14)10(6-11)2-3-10/h4-5H,2-3,6,11H2,1H3. The van der Waals surface area contributed by atoms with Gasteiger partial charge in [0.05, 0.1) is 7.11 Å². The highest BCUT2D eigenvalue weighted by molar-refractivity contribution is 6.02. The molecule has 0 saturated heterocycles. The van der Waals surface area contributed by atoms with Crippen molar-refractivity contribution in [2.45, 2.75) is 12.8 Å². The van der Waals surface area contributed by atoms with Crippen LogP contribution in [0.4, 0.5) is 0 Å². The number of nitrogens with two attached hydrogens (primary N) is 1. The molecule has 1 aromatic rings. The largest absolute Gasteiger partial charge is 0.479 e. The zero-order valence-electron chi connectivity index (χ0n) is 8.56. The van der Waals surface area contributed by atoms with Crippen molar-refractivity contribution >= 4 is 5.78 Å². The summed E-state index contributed by atoms with van der Waals surface area (Å²) in [5.41, 5.74) is 5.48. The van der Waals surface area contributed by atoms with E-state index >= 15 is 0 Å². The van der Waals surface area contributed by atoms with Crippen molar-refractivity contribution in [1.82, 2.24) is 9.97 Å². The van der Waals surface area contributed by atoms with Gasteiger partial charge >= 0.3 is 0 Å². The third kappa shape index (κ3) is 1.59. The maximum atomic E-state index is 12.1. The Labute approximate surface area is 87.7 Å². The van der Waals surface area contributed by atoms with E-state index in [2.05, 4.69) is 9.97 Å². The predicted octanol–water partition coefficient (Wildman–Crippen LogP) is 0.407. The Morgan fingerprint density at radius 1 is 1.53 bits per heavy atom. The summed E-state index contributed by atoms with van der Waals surface area (Å²) in [6.45, 7) is 0.367. The van der Waals surface area contributed by atoms with Crippen LogP contribution in [0.15, 0.2) is 12.4 Å². The molecule has 0 spiro atoms. The van der Waals surface area contributed by atoms with Crippen LogP contribution >= 0.6 is 0 Å². The molecule has 1 aromatic heterocycles. The maximum Gasteiger partial charge on any atom is 0.243 e. The van der Waals surface area contributed by atoms with E-state index < -0.39 is 5.41 Å². The van der Waals surface area contributed by atoms with Crippen LogP contribution in [0.1, 0.15) is 23.3 Å². The molecule has 80 valence electrons. The van der Waals surface area contributed by atoms with Gasteiger partial charge in [0.2, 0.25) is 5.88 Å². The SMILES string of the molecule is COc1nccnc1C(=O)C1(CN)CC1. The third-order valence-electron chi connectivity index (χ3n) is 2.80. The molecule has 0 bridgehead atoms. The summed E-state index contributed by atoms with van der Waals surface area (Å²) >= 11 is 0. The number of ketones is 1. The summed E-state index contributed by atoms with van der Waals surface area (Å²) in [5.74, 6) is 0.233. The molecule has 0 unspecified atom stereocenters. The lowest BCUT2D eigenvalue weighted by Crippen LogP contribution is -2.26. The van der Waals surface area contributed by atoms with Crippen LogP contribution in [0.25, 0.3) is 0 Å². The highest BCUT2D eigenvalue weighted by Gasteiger charge is 2.50. The molecule has 0 aliphatic heterocycles. The fourth-order valence-electron chi connectivity index (χ4n) is 1.56. The number of hydrogen-bond acceptors (Lipinski definition) is 5. The van der Waals surface area contributed by atoms with E-state index in [9.17, 15) is 4.79 Å². The molecule has 1 saturated carbocycles. The predicted molar refractivity (Wildman–Crippen MR) is 53.6 cm³/mol. The van der Waals surface area contributed by atoms with Crippen molar-refractivity contribution in [3.05, 3.63) is 18.1 Å². The topological polar surface area (TPSA) is 78.1 Å². The van der Waals surface area contributed by atoms with Gasteiger partial charge in [0.1, 0.15) is 0 Å². The molecule has 0 aromatic carbocycles. The zero-order chi connectivity index (χ0) is 10.9. The number of carbonyl (C=O) groups excluding carboxylic acids is 1. The number of carbonyl (C=O) groups is 1. The number of hydrogen-bond donors (Lipinski definition) is 1. The van der Waals surface area contributed by atoms with E-state index in [4.69, 9.17) is 10.5 Å². The summed E-state index contributed by atoms with van der Waals surface area (Å²) in [5, 5.41) is 0. The Balaban J connectivity index is 2.33. The molecule has 2 N–H and O–H groups in total. The van der Waals surface area contributed by atoms with Crippen LogP contribution in [0, 0.1) is 5.41 Å². The first-order valence-electron chi connectivity index (χ1n) is 4.83. The van der Waals surface area contributed by atoms with Crippen LogP contribution in [0.5, 0.6) is 5.88 Å². The average Bonchev–Trinajstić information content (AvgIpc) is 3.09. The van der Waals surface area contributed by atoms with Crippen molar-refractivity contribution in [3.63, 3.8) is 0 Å². The molecule has 0 radical (unpaired) electrons. The van der Waals surface area contributed by atoms with E-state index in [-0.39, 0.29) is 11.7 Å². The van der Waals surface area contributed by atoms with Crippen molar-refractivity contribution in [1.29, 1.82) is 0 Å². The minimum absolute atomic E-state index is 0.0463. The zero-order valence-corrected chi connectivity index (χ0v) is 8.56. The molecule has 5 nitrogen and oxygen atoms in total. The van der Waals surface area contributed by atoms with E-state index in [1.807, 2.05) is 0 Å². The number of Topliss-reactive ketones (excluding diaryl/α,β-unsaturated/α-hetero) is 1. The lowest BCUT2D eigenvalue weighted by Gasteiger charge is -2.11. The summed E-state index contributed by atoms with van der Waals surface area (Å²) in [4.78, 5) is 20.0. The van der Waals surface area contributed by atoms with Gasteiger partial charge in [-0.1, -0.05) is 0 Å². The average molecular weight is 207 g/mol. The van der Waals surface area contributed by atoms with Gasteiger partial charge in [-0.05, 0) is 12.8 Å². The first-order chi connectivity index (χ1) is 7.23. The Hall–Kier alpha value is -1.49.